The number of ether oxygens (including phenoxy) is 2. The molecule has 1 aromatic carbocycles. The van der Waals surface area contributed by atoms with Crippen LogP contribution >= 0.6 is 23.5 Å². The van der Waals surface area contributed by atoms with Gasteiger partial charge in [-0.05, 0) is 87.2 Å². The number of aryl methyl sites for hydroxylation is 1. The quantitative estimate of drug-likeness (QED) is 0.142. The smallest absolute Gasteiger partial charge is 0.350 e. The summed E-state index contributed by atoms with van der Waals surface area (Å²) in [5, 5.41) is 18.9. The number of thioether (sulfide) groups is 2. The van der Waals surface area contributed by atoms with Crippen LogP contribution in [0.4, 0.5) is 0 Å². The maximum absolute atomic E-state index is 13.2. The minimum atomic E-state index is -0.665. The second-order valence-corrected chi connectivity index (χ2v) is 13.8. The first-order valence-corrected chi connectivity index (χ1v) is 16.1. The van der Waals surface area contributed by atoms with Gasteiger partial charge < -0.3 is 14.6 Å². The SMILES string of the molecule is CCC1CCC(C2CCC(C(=O)Oc3ccc(C)c4c3SC(=C(C#N)C(=O)OCCC(C)CO)S4)CC2)CC1. The Morgan fingerprint density at radius 1 is 1.05 bits per heavy atom. The van der Waals surface area contributed by atoms with Crippen molar-refractivity contribution in [2.75, 3.05) is 13.2 Å². The third-order valence-corrected chi connectivity index (χ3v) is 11.5. The molecule has 2 aliphatic carbocycles. The van der Waals surface area contributed by atoms with Crippen molar-refractivity contribution in [1.29, 1.82) is 5.26 Å². The average Bonchev–Trinajstić information content (AvgIpc) is 3.41. The van der Waals surface area contributed by atoms with Crippen molar-refractivity contribution < 1.29 is 24.2 Å². The van der Waals surface area contributed by atoms with E-state index in [-0.39, 0.29) is 36.6 Å². The highest BCUT2D eigenvalue weighted by molar-refractivity contribution is 8.24. The van der Waals surface area contributed by atoms with Gasteiger partial charge in [0.2, 0.25) is 0 Å². The van der Waals surface area contributed by atoms with E-state index in [1.165, 1.54) is 55.6 Å². The zero-order chi connectivity index (χ0) is 27.9. The first-order valence-electron chi connectivity index (χ1n) is 14.5. The van der Waals surface area contributed by atoms with Gasteiger partial charge in [-0.3, -0.25) is 4.79 Å². The summed E-state index contributed by atoms with van der Waals surface area (Å²) in [6, 6.07) is 5.74. The molecule has 2 saturated carbocycles. The van der Waals surface area contributed by atoms with Crippen molar-refractivity contribution in [3.05, 3.63) is 27.5 Å². The number of aliphatic hydroxyl groups is 1. The van der Waals surface area contributed by atoms with E-state index in [0.29, 0.717) is 16.4 Å². The second kappa shape index (κ2) is 14.1. The minimum absolute atomic E-state index is 0.0197. The zero-order valence-electron chi connectivity index (χ0n) is 23.4. The summed E-state index contributed by atoms with van der Waals surface area (Å²) in [7, 11) is 0. The van der Waals surface area contributed by atoms with E-state index in [1.807, 2.05) is 32.0 Å². The molecule has 1 N–H and O–H groups in total. The van der Waals surface area contributed by atoms with E-state index in [9.17, 15) is 14.9 Å². The molecule has 0 saturated heterocycles. The van der Waals surface area contributed by atoms with Crippen LogP contribution in [0.2, 0.25) is 0 Å². The van der Waals surface area contributed by atoms with Crippen molar-refractivity contribution in [2.45, 2.75) is 94.8 Å². The highest BCUT2D eigenvalue weighted by Crippen LogP contribution is 2.57. The molecule has 6 nitrogen and oxygen atoms in total. The second-order valence-electron chi connectivity index (χ2n) is 11.5. The molecule has 3 aliphatic rings. The lowest BCUT2D eigenvalue weighted by Crippen LogP contribution is -2.30. The number of nitriles is 1. The number of fused-ring (bicyclic) bond motifs is 1. The third-order valence-electron chi connectivity index (χ3n) is 8.79. The standard InChI is InChI=1S/C31H41NO5S2/c1-4-21-6-8-22(9-7-21)23-10-12-24(13-11-23)29(34)37-26-14-5-20(3)27-28(26)39-31(38-27)25(17-32)30(35)36-16-15-19(2)18-33/h5,14,19,21-24,33H,4,6-13,15-16,18H2,1-3H3. The van der Waals surface area contributed by atoms with E-state index in [0.717, 1.165) is 58.8 Å². The maximum atomic E-state index is 13.2. The van der Waals surface area contributed by atoms with Gasteiger partial charge >= 0.3 is 11.9 Å². The van der Waals surface area contributed by atoms with Gasteiger partial charge in [0.05, 0.1) is 21.7 Å². The number of esters is 2. The van der Waals surface area contributed by atoms with Gasteiger partial charge in [-0.1, -0.05) is 62.7 Å². The van der Waals surface area contributed by atoms with Crippen molar-refractivity contribution in [3.63, 3.8) is 0 Å². The number of rotatable bonds is 9. The summed E-state index contributed by atoms with van der Waals surface area (Å²) < 4.78 is 11.8. The summed E-state index contributed by atoms with van der Waals surface area (Å²) in [6.07, 6.45) is 11.2. The highest BCUT2D eigenvalue weighted by atomic mass is 32.2. The molecule has 0 bridgehead atoms. The predicted octanol–water partition coefficient (Wildman–Crippen LogP) is 7.42. The van der Waals surface area contributed by atoms with Gasteiger partial charge in [0.15, 0.2) is 5.57 Å². The maximum Gasteiger partial charge on any atom is 0.350 e. The van der Waals surface area contributed by atoms with Crippen LogP contribution in [0.25, 0.3) is 0 Å². The summed E-state index contributed by atoms with van der Waals surface area (Å²) in [5.74, 6) is 2.07. The van der Waals surface area contributed by atoms with Crippen molar-refractivity contribution >= 4 is 35.5 Å². The Hall–Kier alpha value is -1.95. The van der Waals surface area contributed by atoms with Gasteiger partial charge in [0, 0.05) is 11.5 Å². The molecular formula is C31H41NO5S2. The Kier molecular flexibility index (Phi) is 10.9. The van der Waals surface area contributed by atoms with Gasteiger partial charge in [0.1, 0.15) is 11.8 Å². The van der Waals surface area contributed by atoms with E-state index >= 15 is 0 Å². The lowest BCUT2D eigenvalue weighted by molar-refractivity contribution is -0.141. The monoisotopic (exact) mass is 571 g/mol. The fourth-order valence-electron chi connectivity index (χ4n) is 6.03. The normalized spacial score (nSPS) is 26.7. The predicted molar refractivity (Wildman–Crippen MR) is 154 cm³/mol. The first kappa shape index (κ1) is 30.0. The minimum Gasteiger partial charge on any atom is -0.462 e. The summed E-state index contributed by atoms with van der Waals surface area (Å²) in [5.41, 5.74) is 0.957. The van der Waals surface area contributed by atoms with E-state index in [2.05, 4.69) is 6.92 Å². The molecule has 0 spiro atoms. The van der Waals surface area contributed by atoms with Crippen LogP contribution < -0.4 is 4.74 Å². The lowest BCUT2D eigenvalue weighted by Gasteiger charge is -2.37. The fourth-order valence-corrected chi connectivity index (χ4v) is 8.67. The molecule has 0 aromatic heterocycles. The molecule has 212 valence electrons. The summed E-state index contributed by atoms with van der Waals surface area (Å²) >= 11 is 2.64. The van der Waals surface area contributed by atoms with Crippen molar-refractivity contribution in [3.8, 4) is 11.8 Å². The van der Waals surface area contributed by atoms with Gasteiger partial charge in [-0.25, -0.2) is 4.79 Å². The number of hydrogen-bond donors (Lipinski definition) is 1. The molecule has 2 fully saturated rings. The molecule has 1 aromatic rings. The Morgan fingerprint density at radius 2 is 1.69 bits per heavy atom. The van der Waals surface area contributed by atoms with Crippen LogP contribution in [-0.4, -0.2) is 30.3 Å². The number of hydrogen-bond acceptors (Lipinski definition) is 8. The molecule has 1 aliphatic heterocycles. The van der Waals surface area contributed by atoms with Crippen LogP contribution in [0.3, 0.4) is 0 Å². The Morgan fingerprint density at radius 3 is 2.31 bits per heavy atom. The Balaban J connectivity index is 1.37. The topological polar surface area (TPSA) is 96.6 Å². The van der Waals surface area contributed by atoms with Crippen LogP contribution in [0.5, 0.6) is 5.75 Å². The number of carbonyl (C=O) groups excluding carboxylic acids is 2. The molecule has 39 heavy (non-hydrogen) atoms. The largest absolute Gasteiger partial charge is 0.462 e. The zero-order valence-corrected chi connectivity index (χ0v) is 25.0. The van der Waals surface area contributed by atoms with E-state index < -0.39 is 5.97 Å². The highest BCUT2D eigenvalue weighted by Gasteiger charge is 2.35. The number of nitrogens with zero attached hydrogens (tertiary/aromatic N) is 1. The number of carbonyl (C=O) groups is 2. The summed E-state index contributed by atoms with van der Waals surface area (Å²) in [6.45, 7) is 6.31. The first-order chi connectivity index (χ1) is 18.8. The molecule has 1 unspecified atom stereocenters. The number of benzene rings is 1. The van der Waals surface area contributed by atoms with E-state index in [4.69, 9.17) is 14.6 Å². The molecule has 0 amide bonds. The molecule has 8 heteroatoms. The molecule has 1 atom stereocenters. The third kappa shape index (κ3) is 7.42. The van der Waals surface area contributed by atoms with Crippen LogP contribution in [0.1, 0.15) is 83.6 Å². The van der Waals surface area contributed by atoms with Crippen LogP contribution in [0.15, 0.2) is 31.7 Å². The van der Waals surface area contributed by atoms with Crippen molar-refractivity contribution in [1.82, 2.24) is 0 Å². The Labute approximate surface area is 241 Å². The van der Waals surface area contributed by atoms with Crippen LogP contribution in [0, 0.1) is 47.8 Å². The van der Waals surface area contributed by atoms with Crippen molar-refractivity contribution in [2.24, 2.45) is 29.6 Å². The molecule has 0 radical (unpaired) electrons. The number of aliphatic hydroxyl groups excluding tert-OH is 1. The average molecular weight is 572 g/mol. The molecular weight excluding hydrogens is 530 g/mol. The fraction of sp³-hybridized carbons (Fsp3) is 0.645. The van der Waals surface area contributed by atoms with E-state index in [1.54, 1.807) is 0 Å². The van der Waals surface area contributed by atoms with Crippen LogP contribution in [-0.2, 0) is 14.3 Å². The lowest BCUT2D eigenvalue weighted by atomic mass is 9.69. The molecule has 1 heterocycles. The summed E-state index contributed by atoms with van der Waals surface area (Å²) in [4.78, 5) is 27.5. The van der Waals surface area contributed by atoms with Gasteiger partial charge in [-0.15, -0.1) is 0 Å². The Bertz CT molecular complexity index is 1110. The van der Waals surface area contributed by atoms with Gasteiger partial charge in [0.25, 0.3) is 0 Å². The van der Waals surface area contributed by atoms with Gasteiger partial charge in [-0.2, -0.15) is 5.26 Å². The molecule has 4 rings (SSSR count).